The zero-order valence-corrected chi connectivity index (χ0v) is 22.1. The lowest BCUT2D eigenvalue weighted by atomic mass is 10.2. The SMILES string of the molecule is COc1ccc(N2CCOCC2)c2sc(N)nc12.COc1ccc(N2CCOCC2)cc1NC(N)=S. The molecule has 0 atom stereocenters. The van der Waals surface area contributed by atoms with Gasteiger partial charge in [0.15, 0.2) is 10.2 Å². The van der Waals surface area contributed by atoms with Gasteiger partial charge in [-0.2, -0.15) is 0 Å². The number of rotatable bonds is 5. The van der Waals surface area contributed by atoms with Gasteiger partial charge in [-0.15, -0.1) is 0 Å². The van der Waals surface area contributed by atoms with Crippen molar-refractivity contribution in [3.8, 4) is 11.5 Å². The first kappa shape index (κ1) is 26.0. The fourth-order valence-electron chi connectivity index (χ4n) is 4.15. The smallest absolute Gasteiger partial charge is 0.181 e. The van der Waals surface area contributed by atoms with E-state index >= 15 is 0 Å². The molecule has 2 saturated heterocycles. The van der Waals surface area contributed by atoms with E-state index in [-0.39, 0.29) is 5.11 Å². The molecule has 0 amide bonds. The van der Waals surface area contributed by atoms with Gasteiger partial charge < -0.3 is 45.5 Å². The maximum Gasteiger partial charge on any atom is 0.181 e. The zero-order chi connectivity index (χ0) is 25.5. The molecular formula is C24H32N6O4S2. The minimum absolute atomic E-state index is 0.229. The molecule has 0 unspecified atom stereocenters. The molecule has 10 nitrogen and oxygen atoms in total. The molecule has 194 valence electrons. The third kappa shape index (κ3) is 6.19. The second-order valence-corrected chi connectivity index (χ2v) is 9.56. The van der Waals surface area contributed by atoms with Gasteiger partial charge in [-0.25, -0.2) is 4.98 Å². The van der Waals surface area contributed by atoms with E-state index in [1.807, 2.05) is 24.3 Å². The van der Waals surface area contributed by atoms with Gasteiger partial charge in [0, 0.05) is 31.9 Å². The van der Waals surface area contributed by atoms with Crippen LogP contribution < -0.4 is 36.1 Å². The molecular weight excluding hydrogens is 500 g/mol. The number of thiocarbonyl (C=S) groups is 1. The Balaban J connectivity index is 0.000000169. The summed E-state index contributed by atoms with van der Waals surface area (Å²) in [7, 11) is 3.27. The lowest BCUT2D eigenvalue weighted by molar-refractivity contribution is 0.122. The van der Waals surface area contributed by atoms with Crippen molar-refractivity contribution >= 4 is 61.1 Å². The Hall–Kier alpha value is -3.06. The summed E-state index contributed by atoms with van der Waals surface area (Å²) in [5, 5.41) is 3.73. The van der Waals surface area contributed by atoms with Crippen LogP contribution in [-0.4, -0.2) is 76.9 Å². The van der Waals surface area contributed by atoms with Crippen LogP contribution in [0.3, 0.4) is 0 Å². The van der Waals surface area contributed by atoms with Crippen LogP contribution in [0, 0.1) is 0 Å². The number of fused-ring (bicyclic) bond motifs is 1. The molecule has 3 aromatic rings. The predicted molar refractivity (Wildman–Crippen MR) is 150 cm³/mol. The molecule has 0 radical (unpaired) electrons. The highest BCUT2D eigenvalue weighted by atomic mass is 32.1. The first-order chi connectivity index (χ1) is 17.5. The summed E-state index contributed by atoms with van der Waals surface area (Å²) in [5.74, 6) is 1.50. The van der Waals surface area contributed by atoms with E-state index in [1.165, 1.54) is 17.0 Å². The maximum atomic E-state index is 5.82. The Bertz CT molecular complexity index is 1180. The molecule has 5 N–H and O–H groups in total. The summed E-state index contributed by atoms with van der Waals surface area (Å²) >= 11 is 6.37. The number of thiazole rings is 1. The average molecular weight is 533 g/mol. The van der Waals surface area contributed by atoms with E-state index < -0.39 is 0 Å². The molecule has 2 aromatic carbocycles. The summed E-state index contributed by atoms with van der Waals surface area (Å²) in [6, 6.07) is 9.94. The predicted octanol–water partition coefficient (Wildman–Crippen LogP) is 2.91. The van der Waals surface area contributed by atoms with Crippen LogP contribution in [0.25, 0.3) is 10.2 Å². The minimum Gasteiger partial charge on any atom is -0.495 e. The number of nitrogens with two attached hydrogens (primary N) is 2. The first-order valence-electron chi connectivity index (χ1n) is 11.6. The highest BCUT2D eigenvalue weighted by molar-refractivity contribution is 7.80. The maximum absolute atomic E-state index is 5.82. The summed E-state index contributed by atoms with van der Waals surface area (Å²) in [6.07, 6.45) is 0. The number of nitrogens with zero attached hydrogens (tertiary/aromatic N) is 3. The summed E-state index contributed by atoms with van der Waals surface area (Å²) < 4.78 is 22.4. The summed E-state index contributed by atoms with van der Waals surface area (Å²) in [6.45, 7) is 6.62. The van der Waals surface area contributed by atoms with Crippen molar-refractivity contribution in [2.24, 2.45) is 5.73 Å². The van der Waals surface area contributed by atoms with Crippen LogP contribution in [0.1, 0.15) is 0 Å². The Morgan fingerprint density at radius 3 is 2.19 bits per heavy atom. The van der Waals surface area contributed by atoms with E-state index in [0.29, 0.717) is 5.13 Å². The van der Waals surface area contributed by atoms with Crippen molar-refractivity contribution in [3.05, 3.63) is 30.3 Å². The normalized spacial score (nSPS) is 15.7. The van der Waals surface area contributed by atoms with Gasteiger partial charge in [-0.05, 0) is 42.5 Å². The van der Waals surface area contributed by atoms with Gasteiger partial charge in [-0.3, -0.25) is 0 Å². The highest BCUT2D eigenvalue weighted by Gasteiger charge is 2.18. The van der Waals surface area contributed by atoms with Gasteiger partial charge in [0.25, 0.3) is 0 Å². The quantitative estimate of drug-likeness (QED) is 0.421. The Kier molecular flexibility index (Phi) is 8.86. The van der Waals surface area contributed by atoms with E-state index in [0.717, 1.165) is 85.7 Å². The summed E-state index contributed by atoms with van der Waals surface area (Å²) in [5.41, 5.74) is 15.2. The van der Waals surface area contributed by atoms with Gasteiger partial charge in [0.1, 0.15) is 17.0 Å². The number of nitrogen functional groups attached to an aromatic ring is 1. The Labute approximate surface area is 220 Å². The van der Waals surface area contributed by atoms with Gasteiger partial charge in [0.2, 0.25) is 0 Å². The molecule has 0 bridgehead atoms. The fourth-order valence-corrected chi connectivity index (χ4v) is 5.15. The molecule has 12 heteroatoms. The van der Waals surface area contributed by atoms with Crippen molar-refractivity contribution < 1.29 is 18.9 Å². The fraction of sp³-hybridized carbons (Fsp3) is 0.417. The number of hydrogen-bond donors (Lipinski definition) is 3. The second kappa shape index (κ2) is 12.3. The van der Waals surface area contributed by atoms with E-state index in [4.69, 9.17) is 42.6 Å². The van der Waals surface area contributed by atoms with Crippen LogP contribution >= 0.6 is 23.6 Å². The Morgan fingerprint density at radius 1 is 0.972 bits per heavy atom. The molecule has 0 saturated carbocycles. The lowest BCUT2D eigenvalue weighted by Crippen LogP contribution is -2.36. The highest BCUT2D eigenvalue weighted by Crippen LogP contribution is 2.38. The van der Waals surface area contributed by atoms with E-state index in [9.17, 15) is 0 Å². The molecule has 0 spiro atoms. The van der Waals surface area contributed by atoms with Crippen LogP contribution in [0.15, 0.2) is 30.3 Å². The molecule has 0 aliphatic carbocycles. The van der Waals surface area contributed by atoms with Crippen molar-refractivity contribution in [2.75, 3.05) is 87.7 Å². The third-order valence-corrected chi connectivity index (χ3v) is 6.90. The zero-order valence-electron chi connectivity index (χ0n) is 20.5. The number of benzene rings is 2. The number of hydrogen-bond acceptors (Lipinski definition) is 10. The number of methoxy groups -OCH3 is 2. The Morgan fingerprint density at radius 2 is 1.58 bits per heavy atom. The van der Waals surface area contributed by atoms with Crippen molar-refractivity contribution in [2.45, 2.75) is 0 Å². The number of morpholine rings is 2. The van der Waals surface area contributed by atoms with Gasteiger partial charge in [-0.1, -0.05) is 11.3 Å². The third-order valence-electron chi connectivity index (χ3n) is 5.89. The molecule has 5 rings (SSSR count). The van der Waals surface area contributed by atoms with Crippen LogP contribution in [0.4, 0.5) is 22.2 Å². The standard InChI is InChI=1S/C12H15N3O2S.C12H17N3O2S/c1-16-9-3-2-8(15-4-6-17-7-5-15)11-10(9)14-12(13)18-11;1-16-11-3-2-9(8-10(11)14-12(13)18)15-4-6-17-7-5-15/h2-3H,4-7H2,1H3,(H2,13,14);2-3,8H,4-7H2,1H3,(H3,13,14,18). The molecule has 2 fully saturated rings. The average Bonchev–Trinajstić information content (AvgIpc) is 3.30. The van der Waals surface area contributed by atoms with Crippen LogP contribution in [0.2, 0.25) is 0 Å². The number of aromatic nitrogens is 1. The summed E-state index contributed by atoms with van der Waals surface area (Å²) in [4.78, 5) is 8.92. The van der Waals surface area contributed by atoms with Crippen molar-refractivity contribution in [1.82, 2.24) is 4.98 Å². The topological polar surface area (TPSA) is 120 Å². The van der Waals surface area contributed by atoms with Crippen LogP contribution in [0.5, 0.6) is 11.5 Å². The first-order valence-corrected chi connectivity index (χ1v) is 12.9. The molecule has 2 aliphatic rings. The largest absolute Gasteiger partial charge is 0.495 e. The van der Waals surface area contributed by atoms with E-state index in [1.54, 1.807) is 14.2 Å². The second-order valence-electron chi connectivity index (χ2n) is 8.09. The number of ether oxygens (including phenoxy) is 4. The van der Waals surface area contributed by atoms with Gasteiger partial charge in [0.05, 0.1) is 56.7 Å². The van der Waals surface area contributed by atoms with E-state index in [2.05, 4.69) is 26.2 Å². The number of anilines is 4. The molecule has 1 aromatic heterocycles. The molecule has 36 heavy (non-hydrogen) atoms. The monoisotopic (exact) mass is 532 g/mol. The number of nitrogens with one attached hydrogen (secondary N) is 1. The van der Waals surface area contributed by atoms with Crippen molar-refractivity contribution in [3.63, 3.8) is 0 Å². The molecule has 2 aliphatic heterocycles. The van der Waals surface area contributed by atoms with Crippen LogP contribution in [-0.2, 0) is 9.47 Å². The molecule has 3 heterocycles. The minimum atomic E-state index is 0.229. The van der Waals surface area contributed by atoms with Crippen molar-refractivity contribution in [1.29, 1.82) is 0 Å². The lowest BCUT2D eigenvalue weighted by Gasteiger charge is -2.29. The van der Waals surface area contributed by atoms with Gasteiger partial charge >= 0.3 is 0 Å².